The Morgan fingerprint density at radius 1 is 0.893 bits per heavy atom. The molecule has 0 saturated carbocycles. The van der Waals surface area contributed by atoms with Crippen LogP contribution in [0.15, 0.2) is 48.8 Å². The molecular formula is C19H13F3N4O2. The van der Waals surface area contributed by atoms with E-state index in [1.165, 1.54) is 13.1 Å². The number of halogens is 3. The lowest BCUT2D eigenvalue weighted by atomic mass is 10.1. The van der Waals surface area contributed by atoms with Crippen molar-refractivity contribution in [2.75, 3.05) is 10.6 Å². The van der Waals surface area contributed by atoms with E-state index in [0.29, 0.717) is 23.1 Å². The highest BCUT2D eigenvalue weighted by atomic mass is 19.2. The van der Waals surface area contributed by atoms with Crippen LogP contribution in [0.2, 0.25) is 0 Å². The molecule has 0 bridgehead atoms. The molecule has 1 heterocycles. The number of hydrogen-bond acceptors (Lipinski definition) is 5. The number of nitrogens with zero attached hydrogens (tertiary/aromatic N) is 2. The van der Waals surface area contributed by atoms with Gasteiger partial charge in [0.05, 0.1) is 18.1 Å². The second-order valence-electron chi connectivity index (χ2n) is 5.72. The number of amides is 1. The van der Waals surface area contributed by atoms with Crippen molar-refractivity contribution in [3.8, 4) is 0 Å². The third kappa shape index (κ3) is 4.14. The van der Waals surface area contributed by atoms with Gasteiger partial charge < -0.3 is 10.6 Å². The minimum atomic E-state index is -1.68. The first-order chi connectivity index (χ1) is 13.3. The van der Waals surface area contributed by atoms with Crippen LogP contribution in [0, 0.1) is 17.5 Å². The van der Waals surface area contributed by atoms with Crippen LogP contribution in [-0.2, 0) is 0 Å². The van der Waals surface area contributed by atoms with E-state index < -0.39 is 29.0 Å². The summed E-state index contributed by atoms with van der Waals surface area (Å²) in [7, 11) is 0. The quantitative estimate of drug-likeness (QED) is 0.510. The van der Waals surface area contributed by atoms with Crippen molar-refractivity contribution in [3.63, 3.8) is 0 Å². The average molecular weight is 386 g/mol. The van der Waals surface area contributed by atoms with Crippen LogP contribution < -0.4 is 10.6 Å². The van der Waals surface area contributed by atoms with E-state index >= 15 is 0 Å². The molecule has 28 heavy (non-hydrogen) atoms. The third-order valence-electron chi connectivity index (χ3n) is 3.73. The van der Waals surface area contributed by atoms with Gasteiger partial charge in [-0.2, -0.15) is 0 Å². The Morgan fingerprint density at radius 2 is 1.61 bits per heavy atom. The van der Waals surface area contributed by atoms with E-state index in [1.807, 2.05) is 0 Å². The van der Waals surface area contributed by atoms with Crippen molar-refractivity contribution < 1.29 is 22.8 Å². The number of rotatable bonds is 5. The van der Waals surface area contributed by atoms with E-state index in [4.69, 9.17) is 0 Å². The minimum Gasteiger partial charge on any atom is -0.339 e. The number of aromatic nitrogens is 2. The summed E-state index contributed by atoms with van der Waals surface area (Å²) in [4.78, 5) is 31.3. The number of Topliss-reactive ketones (excluding diaryl/α,β-unsaturated/α-hetero) is 1. The fraction of sp³-hybridized carbons (Fsp3) is 0.0526. The second kappa shape index (κ2) is 7.87. The largest absolute Gasteiger partial charge is 0.339 e. The Labute approximate surface area is 157 Å². The molecular weight excluding hydrogens is 373 g/mol. The number of benzene rings is 2. The smallest absolute Gasteiger partial charge is 0.275 e. The van der Waals surface area contributed by atoms with E-state index in [0.717, 1.165) is 12.3 Å². The molecule has 0 spiro atoms. The fourth-order valence-electron chi connectivity index (χ4n) is 2.25. The molecule has 2 aromatic carbocycles. The van der Waals surface area contributed by atoms with Crippen LogP contribution in [-0.4, -0.2) is 21.7 Å². The number of hydrogen-bond donors (Lipinski definition) is 2. The van der Waals surface area contributed by atoms with Crippen molar-refractivity contribution in [1.29, 1.82) is 0 Å². The van der Waals surface area contributed by atoms with Crippen LogP contribution in [0.25, 0.3) is 0 Å². The Morgan fingerprint density at radius 3 is 2.21 bits per heavy atom. The molecule has 1 aromatic heterocycles. The Hall–Kier alpha value is -3.75. The maximum absolute atomic E-state index is 13.6. The number of anilines is 3. The summed E-state index contributed by atoms with van der Waals surface area (Å²) in [6, 6.07) is 8.27. The summed E-state index contributed by atoms with van der Waals surface area (Å²) in [6.45, 7) is 1.46. The van der Waals surface area contributed by atoms with E-state index in [2.05, 4.69) is 20.6 Å². The molecule has 0 unspecified atom stereocenters. The van der Waals surface area contributed by atoms with Crippen molar-refractivity contribution in [1.82, 2.24) is 9.97 Å². The summed E-state index contributed by atoms with van der Waals surface area (Å²) in [5.74, 6) is -5.12. The van der Waals surface area contributed by atoms with E-state index in [-0.39, 0.29) is 11.5 Å². The highest BCUT2D eigenvalue weighted by Gasteiger charge is 2.16. The van der Waals surface area contributed by atoms with Crippen molar-refractivity contribution >= 4 is 28.9 Å². The summed E-state index contributed by atoms with van der Waals surface area (Å²) in [5.41, 5.74) is 0.550. The standard InChI is InChI=1S/C19H13F3N4O2/c1-10(27)11-2-4-12(5-3-11)25-16-9-23-15(8-24-16)19(28)26-14-7-6-13(20)17(21)18(14)22/h2-9H,1H3,(H,24,25)(H,26,28). The second-order valence-corrected chi connectivity index (χ2v) is 5.72. The maximum Gasteiger partial charge on any atom is 0.275 e. The molecule has 0 fully saturated rings. The van der Waals surface area contributed by atoms with Crippen LogP contribution in [0.4, 0.5) is 30.4 Å². The predicted octanol–water partition coefficient (Wildman–Crippen LogP) is 4.09. The SMILES string of the molecule is CC(=O)c1ccc(Nc2cnc(C(=O)Nc3ccc(F)c(F)c3F)cn2)cc1. The van der Waals surface area contributed by atoms with Gasteiger partial charge in [0, 0.05) is 11.3 Å². The van der Waals surface area contributed by atoms with Gasteiger partial charge in [-0.25, -0.2) is 23.1 Å². The molecule has 6 nitrogen and oxygen atoms in total. The van der Waals surface area contributed by atoms with Gasteiger partial charge in [0.1, 0.15) is 11.5 Å². The van der Waals surface area contributed by atoms with Gasteiger partial charge in [-0.05, 0) is 43.3 Å². The zero-order valence-electron chi connectivity index (χ0n) is 14.5. The van der Waals surface area contributed by atoms with Gasteiger partial charge in [0.15, 0.2) is 23.2 Å². The Balaban J connectivity index is 1.69. The van der Waals surface area contributed by atoms with Gasteiger partial charge >= 0.3 is 0 Å². The summed E-state index contributed by atoms with van der Waals surface area (Å²) < 4.78 is 39.8. The van der Waals surface area contributed by atoms with E-state index in [1.54, 1.807) is 24.3 Å². The molecule has 0 radical (unpaired) electrons. The van der Waals surface area contributed by atoms with E-state index in [9.17, 15) is 22.8 Å². The summed E-state index contributed by atoms with van der Waals surface area (Å²) in [6.07, 6.45) is 2.41. The Bertz CT molecular complexity index is 1040. The molecule has 3 aromatic rings. The first kappa shape index (κ1) is 19.0. The molecule has 2 N–H and O–H groups in total. The molecule has 0 aliphatic rings. The summed E-state index contributed by atoms with van der Waals surface area (Å²) >= 11 is 0. The lowest BCUT2D eigenvalue weighted by Crippen LogP contribution is -2.16. The zero-order chi connectivity index (χ0) is 20.3. The maximum atomic E-state index is 13.6. The number of carbonyl (C=O) groups excluding carboxylic acids is 2. The molecule has 142 valence electrons. The molecule has 1 amide bonds. The van der Waals surface area contributed by atoms with Gasteiger partial charge in [0.25, 0.3) is 5.91 Å². The van der Waals surface area contributed by atoms with Gasteiger partial charge in [-0.1, -0.05) is 0 Å². The first-order valence-corrected chi connectivity index (χ1v) is 8.00. The van der Waals surface area contributed by atoms with Crippen molar-refractivity contribution in [2.24, 2.45) is 0 Å². The first-order valence-electron chi connectivity index (χ1n) is 8.00. The van der Waals surface area contributed by atoms with Crippen LogP contribution in [0.3, 0.4) is 0 Å². The molecule has 3 rings (SSSR count). The lowest BCUT2D eigenvalue weighted by molar-refractivity contribution is 0.101. The zero-order valence-corrected chi connectivity index (χ0v) is 14.5. The van der Waals surface area contributed by atoms with Gasteiger partial charge in [0.2, 0.25) is 0 Å². The molecule has 0 aliphatic heterocycles. The van der Waals surface area contributed by atoms with Gasteiger partial charge in [-0.15, -0.1) is 0 Å². The monoisotopic (exact) mass is 386 g/mol. The van der Waals surface area contributed by atoms with Gasteiger partial charge in [-0.3, -0.25) is 9.59 Å². The lowest BCUT2D eigenvalue weighted by Gasteiger charge is -2.08. The number of carbonyl (C=O) groups is 2. The minimum absolute atomic E-state index is 0.0563. The average Bonchev–Trinajstić information content (AvgIpc) is 2.69. The molecule has 0 saturated heterocycles. The van der Waals surface area contributed by atoms with Crippen LogP contribution in [0.5, 0.6) is 0 Å². The molecule has 0 atom stereocenters. The highest BCUT2D eigenvalue weighted by Crippen LogP contribution is 2.20. The van der Waals surface area contributed by atoms with Crippen molar-refractivity contribution in [3.05, 3.63) is 77.5 Å². The normalized spacial score (nSPS) is 10.4. The predicted molar refractivity (Wildman–Crippen MR) is 96.0 cm³/mol. The Kier molecular flexibility index (Phi) is 5.35. The highest BCUT2D eigenvalue weighted by molar-refractivity contribution is 6.02. The van der Waals surface area contributed by atoms with Crippen LogP contribution in [0.1, 0.15) is 27.8 Å². The fourth-order valence-corrected chi connectivity index (χ4v) is 2.25. The third-order valence-corrected chi connectivity index (χ3v) is 3.73. The number of nitrogens with one attached hydrogen (secondary N) is 2. The molecule has 9 heteroatoms. The van der Waals surface area contributed by atoms with Crippen LogP contribution >= 0.6 is 0 Å². The topological polar surface area (TPSA) is 84.0 Å². The summed E-state index contributed by atoms with van der Waals surface area (Å²) in [5, 5.41) is 5.05. The molecule has 0 aliphatic carbocycles. The number of ketones is 1. The van der Waals surface area contributed by atoms with Crippen molar-refractivity contribution in [2.45, 2.75) is 6.92 Å².